The first-order chi connectivity index (χ1) is 16.5. The average molecular weight is 532 g/mol. The number of ether oxygens (including phenoxy) is 2. The molecule has 0 bridgehead atoms. The van der Waals surface area contributed by atoms with Crippen molar-refractivity contribution >= 4 is 23.5 Å². The van der Waals surface area contributed by atoms with E-state index in [1.165, 1.54) is 21.1 Å². The molecule has 0 saturated heterocycles. The Morgan fingerprint density at radius 2 is 1.56 bits per heavy atom. The lowest BCUT2D eigenvalue weighted by molar-refractivity contribution is -0.162. The highest BCUT2D eigenvalue weighted by Gasteiger charge is 2.43. The number of carboxylic acid groups (broad SMARTS) is 2. The van der Waals surface area contributed by atoms with Crippen molar-refractivity contribution in [2.45, 2.75) is 56.9 Å². The van der Waals surface area contributed by atoms with Crippen LogP contribution in [0.1, 0.15) is 37.3 Å². The zero-order valence-electron chi connectivity index (χ0n) is 19.4. The number of aliphatic carboxylic acids is 2. The van der Waals surface area contributed by atoms with Crippen LogP contribution in [-0.4, -0.2) is 72.1 Å². The summed E-state index contributed by atoms with van der Waals surface area (Å²) in [5, 5.41) is 21.0. The fourth-order valence-corrected chi connectivity index (χ4v) is 3.34. The molecule has 2 atom stereocenters. The van der Waals surface area contributed by atoms with Crippen LogP contribution < -0.4 is 5.32 Å². The van der Waals surface area contributed by atoms with E-state index in [1.807, 2.05) is 0 Å². The van der Waals surface area contributed by atoms with Crippen molar-refractivity contribution in [3.8, 4) is 0 Å². The Bertz CT molecular complexity index is 919. The number of carbonyl (C=O) groups excluding carboxylic acids is 1. The van der Waals surface area contributed by atoms with Crippen LogP contribution in [0.4, 0.5) is 32.0 Å². The van der Waals surface area contributed by atoms with Gasteiger partial charge in [0.25, 0.3) is 0 Å². The smallest absolute Gasteiger partial charge is 0.417 e. The summed E-state index contributed by atoms with van der Waals surface area (Å²) in [6.45, 7) is 0.906. The summed E-state index contributed by atoms with van der Waals surface area (Å²) in [6.07, 6.45) is -13.2. The maximum absolute atomic E-state index is 13.2. The number of nitrogens with one attached hydrogen (secondary N) is 1. The van der Waals surface area contributed by atoms with Gasteiger partial charge in [-0.3, -0.25) is 9.59 Å². The van der Waals surface area contributed by atoms with Gasteiger partial charge in [0.15, 0.2) is 6.29 Å². The standard InChI is InChI=1S/C21H26F6N2O7/c1-11(28-12-4-5-13(20(22,23)24)14(8-12)21(25,26)27)10-29(16(30)9-18(35-2)36-3)15(19(33)34)6-7-17(31)32/h4-5,8,11,15,18,28H,6-7,9-10H2,1-3H3,(H,31,32)(H,33,34)/t11-,15+/m1/s1. The number of nitrogens with zero attached hydrogens (tertiary/aromatic N) is 1. The van der Waals surface area contributed by atoms with Gasteiger partial charge in [-0.05, 0) is 31.5 Å². The number of hydrogen-bond acceptors (Lipinski definition) is 6. The molecule has 15 heteroatoms. The van der Waals surface area contributed by atoms with E-state index in [9.17, 15) is 45.8 Å². The molecule has 0 aliphatic heterocycles. The second-order valence-electron chi connectivity index (χ2n) is 7.74. The van der Waals surface area contributed by atoms with Crippen molar-refractivity contribution in [1.29, 1.82) is 0 Å². The summed E-state index contributed by atoms with van der Waals surface area (Å²) in [5.74, 6) is -3.67. The van der Waals surface area contributed by atoms with Gasteiger partial charge >= 0.3 is 24.3 Å². The Labute approximate surface area is 202 Å². The van der Waals surface area contributed by atoms with Crippen LogP contribution in [0.25, 0.3) is 0 Å². The second-order valence-corrected chi connectivity index (χ2v) is 7.74. The van der Waals surface area contributed by atoms with Crippen molar-refractivity contribution < 1.29 is 60.4 Å². The lowest BCUT2D eigenvalue weighted by Gasteiger charge is -2.32. The van der Waals surface area contributed by atoms with Crippen LogP contribution in [0, 0.1) is 0 Å². The number of amides is 1. The van der Waals surface area contributed by atoms with E-state index in [1.54, 1.807) is 0 Å². The van der Waals surface area contributed by atoms with Gasteiger partial charge in [-0.25, -0.2) is 4.79 Å². The Hall–Kier alpha value is -3.07. The molecule has 1 amide bonds. The Kier molecular flexibility index (Phi) is 11.0. The van der Waals surface area contributed by atoms with Gasteiger partial charge in [-0.2, -0.15) is 26.3 Å². The number of hydrogen-bond donors (Lipinski definition) is 3. The number of carboxylic acids is 2. The second kappa shape index (κ2) is 12.8. The maximum Gasteiger partial charge on any atom is 0.417 e. The monoisotopic (exact) mass is 532 g/mol. The van der Waals surface area contributed by atoms with Gasteiger partial charge in [-0.15, -0.1) is 0 Å². The quantitative estimate of drug-likeness (QED) is 0.260. The van der Waals surface area contributed by atoms with Crippen molar-refractivity contribution in [2.75, 3.05) is 26.1 Å². The molecule has 0 spiro atoms. The third-order valence-electron chi connectivity index (χ3n) is 4.99. The lowest BCUT2D eigenvalue weighted by Crippen LogP contribution is -2.50. The van der Waals surface area contributed by atoms with Gasteiger partial charge in [0.05, 0.1) is 17.5 Å². The van der Waals surface area contributed by atoms with Crippen LogP contribution in [0.2, 0.25) is 0 Å². The third kappa shape index (κ3) is 9.18. The molecule has 0 saturated carbocycles. The molecular formula is C21H26F6N2O7. The molecule has 0 aromatic heterocycles. The van der Waals surface area contributed by atoms with Crippen LogP contribution in [0.15, 0.2) is 18.2 Å². The molecule has 0 fully saturated rings. The number of benzene rings is 1. The minimum absolute atomic E-state index is 0.259. The number of carbonyl (C=O) groups is 3. The number of alkyl halides is 6. The topological polar surface area (TPSA) is 125 Å². The first kappa shape index (κ1) is 31.0. The van der Waals surface area contributed by atoms with Crippen molar-refractivity contribution in [3.63, 3.8) is 0 Å². The molecule has 0 heterocycles. The van der Waals surface area contributed by atoms with Crippen molar-refractivity contribution in [3.05, 3.63) is 29.3 Å². The molecule has 0 radical (unpaired) electrons. The summed E-state index contributed by atoms with van der Waals surface area (Å²) >= 11 is 0. The zero-order valence-corrected chi connectivity index (χ0v) is 19.4. The van der Waals surface area contributed by atoms with E-state index >= 15 is 0 Å². The van der Waals surface area contributed by atoms with Crippen molar-refractivity contribution in [2.24, 2.45) is 0 Å². The average Bonchev–Trinajstić information content (AvgIpc) is 2.74. The maximum atomic E-state index is 13.2. The minimum atomic E-state index is -5.31. The molecule has 1 rings (SSSR count). The molecule has 1 aromatic carbocycles. The predicted molar refractivity (Wildman–Crippen MR) is 112 cm³/mol. The Morgan fingerprint density at radius 3 is 2.00 bits per heavy atom. The summed E-state index contributed by atoms with van der Waals surface area (Å²) in [7, 11) is 2.44. The molecule has 3 N–H and O–H groups in total. The highest BCUT2D eigenvalue weighted by molar-refractivity contribution is 5.84. The van der Waals surface area contributed by atoms with Gasteiger partial charge in [-0.1, -0.05) is 0 Å². The SMILES string of the molecule is COC(CC(=O)N(C[C@@H](C)Nc1ccc(C(F)(F)F)c(C(F)(F)F)c1)[C@@H](CCC(=O)O)C(=O)O)OC. The van der Waals surface area contributed by atoms with Gasteiger partial charge in [0.1, 0.15) is 6.04 Å². The van der Waals surface area contributed by atoms with E-state index in [2.05, 4.69) is 5.32 Å². The number of halogens is 6. The van der Waals surface area contributed by atoms with E-state index in [0.717, 1.165) is 11.0 Å². The minimum Gasteiger partial charge on any atom is -0.481 e. The summed E-state index contributed by atoms with van der Waals surface area (Å²) in [5.41, 5.74) is -4.16. The van der Waals surface area contributed by atoms with Crippen LogP contribution >= 0.6 is 0 Å². The summed E-state index contributed by atoms with van der Waals surface area (Å²) in [6, 6.07) is -1.30. The Morgan fingerprint density at radius 1 is 1.00 bits per heavy atom. The predicted octanol–water partition coefficient (Wildman–Crippen LogP) is 3.68. The Balaban J connectivity index is 3.25. The normalized spacial score (nSPS) is 13.8. The van der Waals surface area contributed by atoms with Gasteiger partial charge in [0, 0.05) is 38.9 Å². The fraction of sp³-hybridized carbons (Fsp3) is 0.571. The largest absolute Gasteiger partial charge is 0.481 e. The molecule has 0 aliphatic carbocycles. The van der Waals surface area contributed by atoms with Crippen LogP contribution in [0.5, 0.6) is 0 Å². The number of rotatable bonds is 13. The van der Waals surface area contributed by atoms with Gasteiger partial charge in [0.2, 0.25) is 5.91 Å². The molecule has 204 valence electrons. The highest BCUT2D eigenvalue weighted by atomic mass is 19.4. The van der Waals surface area contributed by atoms with Crippen LogP contribution in [-0.2, 0) is 36.2 Å². The van der Waals surface area contributed by atoms with E-state index in [-0.39, 0.29) is 17.8 Å². The molecule has 9 nitrogen and oxygen atoms in total. The first-order valence-electron chi connectivity index (χ1n) is 10.4. The number of methoxy groups -OCH3 is 2. The number of anilines is 1. The third-order valence-corrected chi connectivity index (χ3v) is 4.99. The van der Waals surface area contributed by atoms with Crippen LogP contribution in [0.3, 0.4) is 0 Å². The zero-order chi connectivity index (χ0) is 27.8. The molecule has 36 heavy (non-hydrogen) atoms. The summed E-state index contributed by atoms with van der Waals surface area (Å²) in [4.78, 5) is 36.4. The van der Waals surface area contributed by atoms with Crippen molar-refractivity contribution in [1.82, 2.24) is 4.90 Å². The van der Waals surface area contributed by atoms with Gasteiger partial charge < -0.3 is 29.9 Å². The first-order valence-corrected chi connectivity index (χ1v) is 10.4. The summed E-state index contributed by atoms with van der Waals surface area (Å²) < 4.78 is 88.5. The molecule has 0 aliphatic rings. The van der Waals surface area contributed by atoms with E-state index in [0.29, 0.717) is 0 Å². The molecular weight excluding hydrogens is 506 g/mol. The molecule has 1 aromatic rings. The highest BCUT2D eigenvalue weighted by Crippen LogP contribution is 2.41. The van der Waals surface area contributed by atoms with E-state index < -0.39 is 85.5 Å². The fourth-order valence-electron chi connectivity index (χ4n) is 3.34. The molecule has 0 unspecified atom stereocenters. The lowest BCUT2D eigenvalue weighted by atomic mass is 10.0. The van der Waals surface area contributed by atoms with E-state index in [4.69, 9.17) is 14.6 Å².